The van der Waals surface area contributed by atoms with E-state index in [9.17, 15) is 0 Å². The molecule has 0 N–H and O–H groups in total. The molecule has 0 saturated heterocycles. The maximum atomic E-state index is 6.78. The molecule has 1 aliphatic rings. The first kappa shape index (κ1) is 46.5. The second-order valence-corrected chi connectivity index (χ2v) is 21.6. The van der Waals surface area contributed by atoms with Crippen molar-refractivity contribution in [2.24, 2.45) is 0 Å². The Morgan fingerprint density at radius 3 is 1.99 bits per heavy atom. The van der Waals surface area contributed by atoms with Crippen LogP contribution in [0.25, 0.3) is 116 Å². The molecule has 0 saturated carbocycles. The molecule has 5 heterocycles. The smallest absolute Gasteiger partial charge is 0.268 e. The average molecular weight is 1150 g/mol. The van der Waals surface area contributed by atoms with Crippen molar-refractivity contribution in [2.45, 2.75) is 52.4 Å². The summed E-state index contributed by atoms with van der Waals surface area (Å²) in [6, 6.07) is 74.3. The maximum Gasteiger partial charge on any atom is 0.268 e. The Bertz CT molecular complexity index is 4440. The number of imidazole rings is 1. The molecule has 7 heteroatoms. The Kier molecular flexibility index (Phi) is 10.8. The van der Waals surface area contributed by atoms with Crippen LogP contribution in [-0.2, 0) is 31.9 Å². The summed E-state index contributed by atoms with van der Waals surface area (Å²) in [5, 5.41) is 4.38. The van der Waals surface area contributed by atoms with Crippen molar-refractivity contribution in [3.05, 3.63) is 224 Å². The second-order valence-electron chi connectivity index (χ2n) is 21.6. The third-order valence-corrected chi connectivity index (χ3v) is 14.9. The molecule has 0 unspecified atom stereocenters. The van der Waals surface area contributed by atoms with Crippen LogP contribution in [0.3, 0.4) is 0 Å². The Balaban J connectivity index is 0.00000541. The Hall–Kier alpha value is -8.31. The largest absolute Gasteiger partial charge is 0.510 e. The molecular weight excluding hydrogens is 1100 g/mol. The minimum absolute atomic E-state index is 0. The molecule has 75 heavy (non-hydrogen) atoms. The summed E-state index contributed by atoms with van der Waals surface area (Å²) in [6.07, 6.45) is 5.86. The van der Waals surface area contributed by atoms with Gasteiger partial charge in [0.25, 0.3) is 6.33 Å². The number of para-hydroxylation sites is 4. The van der Waals surface area contributed by atoms with Crippen LogP contribution in [-0.4, -0.2) is 14.1 Å². The van der Waals surface area contributed by atoms with Crippen molar-refractivity contribution in [1.82, 2.24) is 14.1 Å². The van der Waals surface area contributed by atoms with Crippen LogP contribution in [0.4, 0.5) is 0 Å². The van der Waals surface area contributed by atoms with Crippen molar-refractivity contribution >= 4 is 54.8 Å². The quantitative estimate of drug-likeness (QED) is 0.127. The Labute approximate surface area is 450 Å². The SMILES string of the molecule is CC(C)(C)c1ccnc(-n2c3[c-]c(Oc4[c-]c(-n5[c-][n+]6c7c(cccc75)-c5ccccc5-c5ccc(C(C)(C)C)cc5-c5cccc(-c7ccc8oc9ccccc9c8c7)c5-6)ccc4)ccc3c3ccccc32)c1.[Pt]. The topological polar surface area (TPSA) is 49.0 Å². The summed E-state index contributed by atoms with van der Waals surface area (Å²) in [5.41, 5.74) is 18.9. The van der Waals surface area contributed by atoms with E-state index in [0.29, 0.717) is 11.5 Å². The molecule has 0 atom stereocenters. The van der Waals surface area contributed by atoms with Gasteiger partial charge in [0.1, 0.15) is 17.0 Å². The van der Waals surface area contributed by atoms with Crippen LogP contribution in [0.5, 0.6) is 11.5 Å². The van der Waals surface area contributed by atoms with Crippen LogP contribution in [0.1, 0.15) is 52.7 Å². The molecule has 0 radical (unpaired) electrons. The zero-order valence-corrected chi connectivity index (χ0v) is 44.7. The van der Waals surface area contributed by atoms with Crippen molar-refractivity contribution in [3.8, 4) is 73.2 Å². The fraction of sp³-hybridized carbons (Fsp3) is 0.118. The standard InChI is InChI=1S/C68H50N4O2.Pt/c1-67(2,3)43-29-31-51-49-18-7-8-19-50(49)55-24-15-26-60-66(55)71(65-48(22-14-23-56(65)57(51)37-43)42-28-33-63-58(36-42)54-21-10-12-27-62(54)74-63)41-70(60)45-16-13-17-46(39-45)73-47-30-32-53-52-20-9-11-25-59(52)72(61(53)40-47)64-38-44(34-35-69-64)68(4,5)6;/h7-38H,1-6H3;/q-2;. The minimum Gasteiger partial charge on any atom is -0.510 e. The van der Waals surface area contributed by atoms with E-state index < -0.39 is 0 Å². The van der Waals surface area contributed by atoms with E-state index in [2.05, 4.69) is 231 Å². The van der Waals surface area contributed by atoms with Gasteiger partial charge >= 0.3 is 0 Å². The normalized spacial score (nSPS) is 12.3. The first-order valence-corrected chi connectivity index (χ1v) is 25.4. The number of furan rings is 1. The van der Waals surface area contributed by atoms with Crippen LogP contribution in [0.15, 0.2) is 199 Å². The van der Waals surface area contributed by atoms with Gasteiger partial charge in [0.15, 0.2) is 0 Å². The molecule has 0 bridgehead atoms. The molecule has 14 rings (SSSR count). The van der Waals surface area contributed by atoms with Crippen LogP contribution < -0.4 is 9.30 Å². The molecular formula is C68H50N4O2Pt-2. The van der Waals surface area contributed by atoms with E-state index in [1.54, 1.807) is 0 Å². The number of benzene rings is 9. The van der Waals surface area contributed by atoms with Crippen LogP contribution >= 0.6 is 0 Å². The van der Waals surface area contributed by atoms with E-state index >= 15 is 0 Å². The molecule has 366 valence electrons. The van der Waals surface area contributed by atoms with E-state index in [-0.39, 0.29) is 31.9 Å². The Morgan fingerprint density at radius 2 is 1.15 bits per heavy atom. The molecule has 0 spiro atoms. The first-order valence-electron chi connectivity index (χ1n) is 25.4. The van der Waals surface area contributed by atoms with Gasteiger partial charge in [0.05, 0.1) is 16.7 Å². The van der Waals surface area contributed by atoms with Crippen molar-refractivity contribution in [3.63, 3.8) is 0 Å². The van der Waals surface area contributed by atoms with Crippen LogP contribution in [0, 0.1) is 18.5 Å². The molecule has 4 aromatic heterocycles. The van der Waals surface area contributed by atoms with Gasteiger partial charge in [-0.25, -0.2) is 4.98 Å². The zero-order valence-electron chi connectivity index (χ0n) is 42.4. The first-order chi connectivity index (χ1) is 35.9. The summed E-state index contributed by atoms with van der Waals surface area (Å²) in [6.45, 7) is 13.6. The summed E-state index contributed by atoms with van der Waals surface area (Å²) in [7, 11) is 0. The Morgan fingerprint density at radius 1 is 0.493 bits per heavy atom. The second kappa shape index (κ2) is 17.4. The fourth-order valence-electron chi connectivity index (χ4n) is 11.2. The number of rotatable bonds is 5. The van der Waals surface area contributed by atoms with Gasteiger partial charge in [-0.2, -0.15) is 18.2 Å². The zero-order chi connectivity index (χ0) is 50.0. The minimum atomic E-state index is -0.0862. The molecule has 9 aromatic carbocycles. The van der Waals surface area contributed by atoms with Gasteiger partial charge in [0.2, 0.25) is 0 Å². The predicted octanol–water partition coefficient (Wildman–Crippen LogP) is 17.1. The number of pyridine rings is 1. The van der Waals surface area contributed by atoms with Gasteiger partial charge < -0.3 is 18.3 Å². The molecule has 0 fully saturated rings. The average Bonchev–Trinajstić information content (AvgIpc) is 4.10. The number of nitrogens with zero attached hydrogens (tertiary/aromatic N) is 4. The number of hydrogen-bond acceptors (Lipinski definition) is 3. The van der Waals surface area contributed by atoms with E-state index in [0.717, 1.165) is 105 Å². The van der Waals surface area contributed by atoms with Crippen molar-refractivity contribution in [1.29, 1.82) is 0 Å². The third kappa shape index (κ3) is 7.56. The third-order valence-electron chi connectivity index (χ3n) is 14.9. The summed E-state index contributed by atoms with van der Waals surface area (Å²) in [5.74, 6) is 1.98. The summed E-state index contributed by atoms with van der Waals surface area (Å²) >= 11 is 0. The van der Waals surface area contributed by atoms with E-state index in [4.69, 9.17) is 14.1 Å². The number of hydrogen-bond donors (Lipinski definition) is 0. The molecule has 0 aliphatic carbocycles. The van der Waals surface area contributed by atoms with Crippen molar-refractivity contribution < 1.29 is 34.8 Å². The van der Waals surface area contributed by atoms with E-state index in [1.165, 1.54) is 22.3 Å². The maximum absolute atomic E-state index is 6.78. The van der Waals surface area contributed by atoms with Gasteiger partial charge in [-0.3, -0.25) is 4.57 Å². The number of ether oxygens (including phenoxy) is 1. The number of fused-ring (bicyclic) bond motifs is 13. The summed E-state index contributed by atoms with van der Waals surface area (Å²) in [4.78, 5) is 4.89. The molecule has 6 nitrogen and oxygen atoms in total. The molecule has 1 aliphatic heterocycles. The summed E-state index contributed by atoms with van der Waals surface area (Å²) < 4.78 is 19.8. The van der Waals surface area contributed by atoms with E-state index in [1.807, 2.05) is 36.5 Å². The monoisotopic (exact) mass is 1150 g/mol. The molecule has 0 amide bonds. The van der Waals surface area contributed by atoms with Gasteiger partial charge in [-0.1, -0.05) is 168 Å². The van der Waals surface area contributed by atoms with Gasteiger partial charge in [-0.15, -0.1) is 29.7 Å². The number of aromatic nitrogens is 4. The van der Waals surface area contributed by atoms with Gasteiger partial charge in [-0.05, 0) is 114 Å². The fourth-order valence-corrected chi connectivity index (χ4v) is 11.2. The van der Waals surface area contributed by atoms with Crippen LogP contribution in [0.2, 0.25) is 0 Å². The van der Waals surface area contributed by atoms with Gasteiger partial charge in [0, 0.05) is 55.1 Å². The predicted molar refractivity (Wildman–Crippen MR) is 300 cm³/mol. The van der Waals surface area contributed by atoms with Crippen molar-refractivity contribution in [2.75, 3.05) is 0 Å². The molecule has 13 aromatic rings.